The number of ether oxygens (including phenoxy) is 2. The molecule has 8 heteroatoms. The highest BCUT2D eigenvalue weighted by molar-refractivity contribution is 9.10. The van der Waals surface area contributed by atoms with E-state index in [0.29, 0.717) is 25.9 Å². The normalized spacial score (nSPS) is 16.5. The van der Waals surface area contributed by atoms with Crippen LogP contribution >= 0.6 is 38.9 Å². The predicted molar refractivity (Wildman–Crippen MR) is 151 cm³/mol. The van der Waals surface area contributed by atoms with Crippen LogP contribution in [0.4, 0.5) is 0 Å². The van der Waals surface area contributed by atoms with Crippen molar-refractivity contribution in [3.05, 3.63) is 118 Å². The number of nitrogens with zero attached hydrogens (tertiary/aromatic N) is 2. The van der Waals surface area contributed by atoms with Crippen molar-refractivity contribution < 1.29 is 9.47 Å². The van der Waals surface area contributed by atoms with Crippen molar-refractivity contribution in [2.75, 3.05) is 14.2 Å². The largest absolute Gasteiger partial charge is 0.493 e. The molecule has 2 aliphatic rings. The number of methoxy groups -OCH3 is 2. The molecule has 37 heavy (non-hydrogen) atoms. The third-order valence-electron chi connectivity index (χ3n) is 6.81. The van der Waals surface area contributed by atoms with Crippen LogP contribution in [0.1, 0.15) is 34.7 Å². The Hall–Kier alpha value is -3.13. The van der Waals surface area contributed by atoms with E-state index >= 15 is 0 Å². The summed E-state index contributed by atoms with van der Waals surface area (Å²) in [6, 6.07) is 19.7. The third kappa shape index (κ3) is 4.15. The Kier molecular flexibility index (Phi) is 6.31. The highest BCUT2D eigenvalue weighted by Gasteiger charge is 2.32. The van der Waals surface area contributed by atoms with E-state index in [1.54, 1.807) is 14.2 Å². The number of hydrogen-bond donors (Lipinski definition) is 0. The second kappa shape index (κ2) is 9.63. The summed E-state index contributed by atoms with van der Waals surface area (Å²) >= 11 is 11.2. The van der Waals surface area contributed by atoms with Crippen LogP contribution in [0.2, 0.25) is 5.02 Å². The lowest BCUT2D eigenvalue weighted by Gasteiger charge is -2.30. The lowest BCUT2D eigenvalue weighted by Crippen LogP contribution is -2.38. The first kappa shape index (κ1) is 24.2. The molecule has 0 radical (unpaired) electrons. The number of thiazole rings is 1. The van der Waals surface area contributed by atoms with E-state index in [-0.39, 0.29) is 11.6 Å². The molecule has 0 unspecified atom stereocenters. The lowest BCUT2D eigenvalue weighted by atomic mass is 9.83. The molecule has 4 aromatic rings. The zero-order chi connectivity index (χ0) is 25.7. The maximum Gasteiger partial charge on any atom is 0.271 e. The molecule has 0 bridgehead atoms. The van der Waals surface area contributed by atoms with Crippen LogP contribution in [0.5, 0.6) is 11.5 Å². The summed E-state index contributed by atoms with van der Waals surface area (Å²) in [6.45, 7) is 0. The molecule has 0 N–H and O–H groups in total. The van der Waals surface area contributed by atoms with Gasteiger partial charge in [-0.3, -0.25) is 9.36 Å². The maximum atomic E-state index is 13.9. The van der Waals surface area contributed by atoms with E-state index in [0.717, 1.165) is 45.3 Å². The van der Waals surface area contributed by atoms with Crippen molar-refractivity contribution in [1.82, 2.24) is 4.57 Å². The molecule has 1 aromatic heterocycles. The zero-order valence-corrected chi connectivity index (χ0v) is 23.3. The zero-order valence-electron chi connectivity index (χ0n) is 20.1. The van der Waals surface area contributed by atoms with Gasteiger partial charge in [-0.2, -0.15) is 0 Å². The molecule has 0 saturated carbocycles. The molecule has 1 aliphatic heterocycles. The molecule has 0 amide bonds. The summed E-state index contributed by atoms with van der Waals surface area (Å²) in [5.74, 6) is 1.19. The third-order valence-corrected chi connectivity index (χ3v) is 8.64. The molecule has 2 heterocycles. The molecule has 6 rings (SSSR count). The molecule has 0 saturated heterocycles. The fraction of sp³-hybridized carbons (Fsp3) is 0.172. The number of aromatic nitrogens is 1. The van der Waals surface area contributed by atoms with Crippen LogP contribution in [0.25, 0.3) is 11.8 Å². The van der Waals surface area contributed by atoms with E-state index < -0.39 is 0 Å². The summed E-state index contributed by atoms with van der Waals surface area (Å²) in [4.78, 5) is 19.7. The first-order valence-electron chi connectivity index (χ1n) is 11.8. The van der Waals surface area contributed by atoms with Crippen molar-refractivity contribution in [2.45, 2.75) is 18.9 Å². The van der Waals surface area contributed by atoms with E-state index in [1.807, 2.05) is 53.1 Å². The smallest absolute Gasteiger partial charge is 0.271 e. The number of halogens is 2. The van der Waals surface area contributed by atoms with Gasteiger partial charge in [0.2, 0.25) is 0 Å². The van der Waals surface area contributed by atoms with Gasteiger partial charge >= 0.3 is 0 Å². The van der Waals surface area contributed by atoms with Gasteiger partial charge in [0.25, 0.3) is 5.56 Å². The van der Waals surface area contributed by atoms with Gasteiger partial charge in [0.1, 0.15) is 0 Å². The lowest BCUT2D eigenvalue weighted by molar-refractivity contribution is 0.353. The Labute approximate surface area is 231 Å². The number of rotatable bonds is 4. The van der Waals surface area contributed by atoms with Gasteiger partial charge in [0.05, 0.1) is 35.0 Å². The van der Waals surface area contributed by atoms with Gasteiger partial charge < -0.3 is 9.47 Å². The summed E-state index contributed by atoms with van der Waals surface area (Å²) in [7, 11) is 3.19. The highest BCUT2D eigenvalue weighted by atomic mass is 79.9. The molecule has 1 aliphatic carbocycles. The van der Waals surface area contributed by atoms with Crippen LogP contribution < -0.4 is 24.4 Å². The molecular formula is C29H22BrClN2O3S. The van der Waals surface area contributed by atoms with Gasteiger partial charge in [-0.1, -0.05) is 59.3 Å². The number of allylic oxidation sites excluding steroid dienone is 1. The minimum atomic E-state index is -0.240. The molecule has 1 atom stereocenters. The molecule has 0 fully saturated rings. The number of aryl methyl sites for hydroxylation is 1. The molecule has 3 aromatic carbocycles. The standard InChI is InChI=1S/C29H22BrClN2O3S/c1-35-23-14-16(13-22(30)27(23)36-2)15-24-28(34)33-26(18-7-10-19(31)11-8-18)21-12-9-17-5-3-4-6-20(17)25(21)32-29(33)37-24/h3-8,10-11,13-15,26H,9,12H2,1-2H3/b24-15+/t26-/m0/s1. The Bertz CT molecular complexity index is 1760. The second-order valence-corrected chi connectivity index (χ2v) is 11.2. The Morgan fingerprint density at radius 2 is 1.86 bits per heavy atom. The first-order chi connectivity index (χ1) is 18.0. The van der Waals surface area contributed by atoms with Gasteiger partial charge in [0, 0.05) is 10.6 Å². The monoisotopic (exact) mass is 592 g/mol. The number of fused-ring (bicyclic) bond motifs is 3. The van der Waals surface area contributed by atoms with E-state index in [4.69, 9.17) is 26.1 Å². The van der Waals surface area contributed by atoms with Crippen molar-refractivity contribution >= 4 is 50.6 Å². The van der Waals surface area contributed by atoms with Crippen LogP contribution in [-0.2, 0) is 6.42 Å². The van der Waals surface area contributed by atoms with Crippen molar-refractivity contribution in [2.24, 2.45) is 4.99 Å². The minimum absolute atomic E-state index is 0.0694. The van der Waals surface area contributed by atoms with E-state index in [1.165, 1.54) is 16.9 Å². The summed E-state index contributed by atoms with van der Waals surface area (Å²) in [5, 5.41) is 0.665. The molecule has 186 valence electrons. The minimum Gasteiger partial charge on any atom is -0.493 e. The van der Waals surface area contributed by atoms with E-state index in [9.17, 15) is 4.79 Å². The Morgan fingerprint density at radius 1 is 1.08 bits per heavy atom. The molecular weight excluding hydrogens is 572 g/mol. The maximum absolute atomic E-state index is 13.9. The first-order valence-corrected chi connectivity index (χ1v) is 13.8. The molecule has 5 nitrogen and oxygen atoms in total. The van der Waals surface area contributed by atoms with Gasteiger partial charge in [0.15, 0.2) is 16.3 Å². The number of hydrogen-bond acceptors (Lipinski definition) is 5. The predicted octanol–water partition coefficient (Wildman–Crippen LogP) is 5.75. The highest BCUT2D eigenvalue weighted by Crippen LogP contribution is 2.41. The van der Waals surface area contributed by atoms with Crippen LogP contribution in [0.3, 0.4) is 0 Å². The van der Waals surface area contributed by atoms with E-state index in [2.05, 4.69) is 34.1 Å². The van der Waals surface area contributed by atoms with Crippen molar-refractivity contribution in [3.63, 3.8) is 0 Å². The summed E-state index contributed by atoms with van der Waals surface area (Å²) < 4.78 is 14.1. The van der Waals surface area contributed by atoms with Crippen LogP contribution in [0.15, 0.2) is 80.5 Å². The van der Waals surface area contributed by atoms with Gasteiger partial charge in [-0.15, -0.1) is 0 Å². The van der Waals surface area contributed by atoms with Gasteiger partial charge in [-0.25, -0.2) is 4.99 Å². The Balaban J connectivity index is 1.59. The fourth-order valence-electron chi connectivity index (χ4n) is 5.14. The average Bonchev–Trinajstić information content (AvgIpc) is 3.21. The Morgan fingerprint density at radius 3 is 2.62 bits per heavy atom. The quantitative estimate of drug-likeness (QED) is 0.303. The second-order valence-electron chi connectivity index (χ2n) is 8.90. The SMILES string of the molecule is COc1cc(/C=c2/sc3n(c2=O)[C@@H](c2ccc(Cl)cc2)C2=C(N=3)c3ccccc3CC2)cc(Br)c1OC. The van der Waals surface area contributed by atoms with Crippen LogP contribution in [0, 0.1) is 0 Å². The average molecular weight is 594 g/mol. The fourth-order valence-corrected chi connectivity index (χ4v) is 6.89. The molecule has 0 spiro atoms. The van der Waals surface area contributed by atoms with Crippen molar-refractivity contribution in [1.29, 1.82) is 0 Å². The van der Waals surface area contributed by atoms with Crippen LogP contribution in [-0.4, -0.2) is 18.8 Å². The van der Waals surface area contributed by atoms with Crippen molar-refractivity contribution in [3.8, 4) is 11.5 Å². The topological polar surface area (TPSA) is 52.8 Å². The number of benzene rings is 3. The summed E-state index contributed by atoms with van der Waals surface area (Å²) in [6.07, 6.45) is 3.64. The van der Waals surface area contributed by atoms with Gasteiger partial charge in [-0.05, 0) is 81.4 Å². The summed E-state index contributed by atoms with van der Waals surface area (Å²) in [5.41, 5.74) is 6.34.